The van der Waals surface area contributed by atoms with E-state index in [1.165, 1.54) is 6.33 Å². The van der Waals surface area contributed by atoms with Crippen molar-refractivity contribution in [2.24, 2.45) is 0 Å². The number of rotatable bonds is 3. The molecule has 0 bridgehead atoms. The Morgan fingerprint density at radius 3 is 3.20 bits per heavy atom. The van der Waals surface area contributed by atoms with Crippen molar-refractivity contribution in [1.29, 1.82) is 0 Å². The number of aryl methyl sites for hydroxylation is 1. The summed E-state index contributed by atoms with van der Waals surface area (Å²) in [6.45, 7) is 4.31. The van der Waals surface area contributed by atoms with Crippen LogP contribution in [-0.2, 0) is 17.8 Å². The highest BCUT2D eigenvalue weighted by atomic mass is 16.2. The van der Waals surface area contributed by atoms with Gasteiger partial charge >= 0.3 is 0 Å². The molecule has 0 aromatic carbocycles. The first-order valence-corrected chi connectivity index (χ1v) is 5.19. The second-order valence-corrected chi connectivity index (χ2v) is 3.49. The van der Waals surface area contributed by atoms with E-state index in [0.29, 0.717) is 13.0 Å². The Balaban J connectivity index is 2.04. The van der Waals surface area contributed by atoms with Gasteiger partial charge in [0.1, 0.15) is 12.2 Å². The van der Waals surface area contributed by atoms with Crippen molar-refractivity contribution in [3.8, 4) is 0 Å². The molecule has 1 aromatic rings. The lowest BCUT2D eigenvalue weighted by Crippen LogP contribution is -2.54. The molecule has 0 saturated carbocycles. The van der Waals surface area contributed by atoms with Gasteiger partial charge in [0, 0.05) is 26.1 Å². The van der Waals surface area contributed by atoms with Gasteiger partial charge in [0.2, 0.25) is 5.91 Å². The highest BCUT2D eigenvalue weighted by Gasteiger charge is 2.23. The molecule has 0 spiro atoms. The van der Waals surface area contributed by atoms with Crippen molar-refractivity contribution < 1.29 is 4.79 Å². The van der Waals surface area contributed by atoms with Crippen LogP contribution in [0.5, 0.6) is 0 Å². The Morgan fingerprint density at radius 2 is 2.47 bits per heavy atom. The van der Waals surface area contributed by atoms with E-state index in [-0.39, 0.29) is 11.9 Å². The number of hydrogen-bond donors (Lipinski definition) is 2. The summed E-state index contributed by atoms with van der Waals surface area (Å²) in [7, 11) is 0. The van der Waals surface area contributed by atoms with Crippen LogP contribution in [0.25, 0.3) is 0 Å². The van der Waals surface area contributed by atoms with Crippen LogP contribution in [0.1, 0.15) is 12.7 Å². The summed E-state index contributed by atoms with van der Waals surface area (Å²) >= 11 is 0. The predicted octanol–water partition coefficient (Wildman–Crippen LogP) is -1.07. The molecule has 82 valence electrons. The van der Waals surface area contributed by atoms with Crippen LogP contribution in [0.2, 0.25) is 0 Å². The molecule has 1 aliphatic rings. The molecule has 2 rings (SSSR count). The van der Waals surface area contributed by atoms with Gasteiger partial charge in [-0.1, -0.05) is 0 Å². The molecule has 6 nitrogen and oxygen atoms in total. The van der Waals surface area contributed by atoms with Crippen molar-refractivity contribution in [3.05, 3.63) is 12.2 Å². The molecule has 6 heteroatoms. The predicted molar refractivity (Wildman–Crippen MR) is 54.2 cm³/mol. The molecule has 1 saturated heterocycles. The molecule has 1 unspecified atom stereocenters. The van der Waals surface area contributed by atoms with E-state index in [0.717, 1.165) is 18.9 Å². The smallest absolute Gasteiger partial charge is 0.237 e. The molecule has 1 atom stereocenters. The number of hydrogen-bond acceptors (Lipinski definition) is 4. The van der Waals surface area contributed by atoms with Gasteiger partial charge in [0.25, 0.3) is 0 Å². The fourth-order valence-electron chi connectivity index (χ4n) is 1.71. The number of amides is 1. The first-order valence-electron chi connectivity index (χ1n) is 5.19. The van der Waals surface area contributed by atoms with E-state index in [4.69, 9.17) is 0 Å². The fourth-order valence-corrected chi connectivity index (χ4v) is 1.71. The molecule has 2 N–H and O–H groups in total. The lowest BCUT2D eigenvalue weighted by Gasteiger charge is -2.22. The number of carbonyl (C=O) groups is 1. The number of nitrogens with zero attached hydrogens (tertiary/aromatic N) is 3. The van der Waals surface area contributed by atoms with Gasteiger partial charge in [-0.2, -0.15) is 5.10 Å². The van der Waals surface area contributed by atoms with E-state index >= 15 is 0 Å². The summed E-state index contributed by atoms with van der Waals surface area (Å²) in [6.07, 6.45) is 2.12. The summed E-state index contributed by atoms with van der Waals surface area (Å²) in [4.78, 5) is 15.6. The molecule has 1 amide bonds. The molecular weight excluding hydrogens is 194 g/mol. The maximum absolute atomic E-state index is 11.5. The number of piperazine rings is 1. The average molecular weight is 209 g/mol. The highest BCUT2D eigenvalue weighted by Crippen LogP contribution is 2.01. The second-order valence-electron chi connectivity index (χ2n) is 3.49. The number of aromatic nitrogens is 3. The molecule has 1 fully saturated rings. The quantitative estimate of drug-likeness (QED) is 0.665. The third kappa shape index (κ3) is 2.15. The monoisotopic (exact) mass is 209 g/mol. The van der Waals surface area contributed by atoms with E-state index in [1.54, 1.807) is 0 Å². The van der Waals surface area contributed by atoms with Crippen LogP contribution in [0.15, 0.2) is 6.33 Å². The van der Waals surface area contributed by atoms with E-state index in [9.17, 15) is 4.79 Å². The van der Waals surface area contributed by atoms with E-state index in [2.05, 4.69) is 20.7 Å². The lowest BCUT2D eigenvalue weighted by molar-refractivity contribution is -0.124. The van der Waals surface area contributed by atoms with Gasteiger partial charge in [0.05, 0.1) is 6.04 Å². The zero-order chi connectivity index (χ0) is 10.7. The zero-order valence-corrected chi connectivity index (χ0v) is 8.73. The third-order valence-corrected chi connectivity index (χ3v) is 2.51. The van der Waals surface area contributed by atoms with Gasteiger partial charge in [-0.3, -0.25) is 9.48 Å². The summed E-state index contributed by atoms with van der Waals surface area (Å²) in [5, 5.41) is 10.1. The maximum Gasteiger partial charge on any atom is 0.237 e. The molecule has 15 heavy (non-hydrogen) atoms. The van der Waals surface area contributed by atoms with Crippen LogP contribution >= 0.6 is 0 Å². The Morgan fingerprint density at radius 1 is 1.60 bits per heavy atom. The SMILES string of the molecule is CCn1ncnc1CC1NCCNC1=O. The average Bonchev–Trinajstić information content (AvgIpc) is 2.69. The first kappa shape index (κ1) is 10.1. The summed E-state index contributed by atoms with van der Waals surface area (Å²) in [5.41, 5.74) is 0. The first-order chi connectivity index (χ1) is 7.31. The lowest BCUT2D eigenvalue weighted by atomic mass is 10.1. The van der Waals surface area contributed by atoms with Gasteiger partial charge in [-0.25, -0.2) is 4.98 Å². The van der Waals surface area contributed by atoms with Crippen molar-refractivity contribution in [2.75, 3.05) is 13.1 Å². The van der Waals surface area contributed by atoms with Crippen molar-refractivity contribution in [2.45, 2.75) is 25.9 Å². The van der Waals surface area contributed by atoms with Crippen LogP contribution < -0.4 is 10.6 Å². The Hall–Kier alpha value is -1.43. The molecule has 0 aliphatic carbocycles. The van der Waals surface area contributed by atoms with E-state index < -0.39 is 0 Å². The van der Waals surface area contributed by atoms with Gasteiger partial charge in [0.15, 0.2) is 0 Å². The standard InChI is InChI=1S/C9H15N5O/c1-2-14-8(12-6-13-14)5-7-9(15)11-4-3-10-7/h6-7,10H,2-5H2,1H3,(H,11,15). The second kappa shape index (κ2) is 4.39. The van der Waals surface area contributed by atoms with Crippen molar-refractivity contribution >= 4 is 5.91 Å². The largest absolute Gasteiger partial charge is 0.353 e. The Bertz CT molecular complexity index is 348. The fraction of sp³-hybridized carbons (Fsp3) is 0.667. The van der Waals surface area contributed by atoms with Crippen LogP contribution in [0.4, 0.5) is 0 Å². The summed E-state index contributed by atoms with van der Waals surface area (Å²) < 4.78 is 1.81. The summed E-state index contributed by atoms with van der Waals surface area (Å²) in [6, 6.07) is -0.173. The van der Waals surface area contributed by atoms with Gasteiger partial charge < -0.3 is 10.6 Å². The topological polar surface area (TPSA) is 71.8 Å². The van der Waals surface area contributed by atoms with Crippen molar-refractivity contribution in [1.82, 2.24) is 25.4 Å². The number of nitrogens with one attached hydrogen (secondary N) is 2. The minimum atomic E-state index is -0.173. The minimum absolute atomic E-state index is 0.0481. The maximum atomic E-state index is 11.5. The summed E-state index contributed by atoms with van der Waals surface area (Å²) in [5.74, 6) is 0.902. The normalized spacial score (nSPS) is 21.4. The van der Waals surface area contributed by atoms with Crippen LogP contribution in [-0.4, -0.2) is 39.8 Å². The molecule has 1 aliphatic heterocycles. The van der Waals surface area contributed by atoms with Gasteiger partial charge in [-0.15, -0.1) is 0 Å². The number of carbonyl (C=O) groups excluding carboxylic acids is 1. The van der Waals surface area contributed by atoms with E-state index in [1.807, 2.05) is 11.6 Å². The molecule has 2 heterocycles. The van der Waals surface area contributed by atoms with Crippen LogP contribution in [0, 0.1) is 0 Å². The van der Waals surface area contributed by atoms with Gasteiger partial charge in [-0.05, 0) is 6.92 Å². The Kier molecular flexibility index (Phi) is 2.96. The molecule has 0 radical (unpaired) electrons. The van der Waals surface area contributed by atoms with Crippen molar-refractivity contribution in [3.63, 3.8) is 0 Å². The Labute approximate surface area is 88.1 Å². The molecule has 1 aromatic heterocycles. The third-order valence-electron chi connectivity index (χ3n) is 2.51. The zero-order valence-electron chi connectivity index (χ0n) is 8.73. The molecular formula is C9H15N5O. The minimum Gasteiger partial charge on any atom is -0.353 e. The van der Waals surface area contributed by atoms with Crippen LogP contribution in [0.3, 0.4) is 0 Å². The highest BCUT2D eigenvalue weighted by molar-refractivity contribution is 5.82.